The van der Waals surface area contributed by atoms with Crippen LogP contribution in [0.5, 0.6) is 5.75 Å². The number of aliphatic hydroxyl groups is 1. The van der Waals surface area contributed by atoms with Crippen LogP contribution in [0, 0.1) is 10.1 Å². The average molecular weight is 503 g/mol. The Labute approximate surface area is 208 Å². The molecule has 2 aromatic heterocycles. The number of hydrogen-bond acceptors (Lipinski definition) is 9. The third-order valence-electron chi connectivity index (χ3n) is 5.61. The minimum absolute atomic E-state index is 0.116. The number of pyridine rings is 1. The van der Waals surface area contributed by atoms with Gasteiger partial charge >= 0.3 is 5.91 Å². The fourth-order valence-corrected chi connectivity index (χ4v) is 5.05. The summed E-state index contributed by atoms with van der Waals surface area (Å²) in [5, 5.41) is 22.6. The molecular weight excluding hydrogens is 484 g/mol. The Morgan fingerprint density at radius 1 is 1.17 bits per heavy atom. The average Bonchev–Trinajstić information content (AvgIpc) is 3.42. The van der Waals surface area contributed by atoms with Gasteiger partial charge in [-0.2, -0.15) is 0 Å². The maximum Gasteiger partial charge on any atom is 0.301 e. The molecule has 0 saturated carbocycles. The van der Waals surface area contributed by atoms with E-state index in [9.17, 15) is 24.8 Å². The number of aliphatic hydroxyl groups excluding tert-OH is 1. The Morgan fingerprint density at radius 3 is 2.72 bits per heavy atom. The standard InChI is InChI=1S/C25H18N4O6S/c1-2-35-16-7-5-6-14(12-16)22(30)20-21(18-8-3-4-11-26-18)28(24(32)23(20)31)25-27-17-10-9-15(29(33)34)13-19(17)36-25/h3-13,21,30H,2H2,1H3/b22-20+. The van der Waals surface area contributed by atoms with Crippen molar-refractivity contribution in [3.63, 3.8) is 0 Å². The van der Waals surface area contributed by atoms with Crippen molar-refractivity contribution in [2.24, 2.45) is 0 Å². The van der Waals surface area contributed by atoms with Gasteiger partial charge < -0.3 is 9.84 Å². The number of benzene rings is 2. The number of carbonyl (C=O) groups is 2. The van der Waals surface area contributed by atoms with E-state index in [0.29, 0.717) is 33.8 Å². The zero-order chi connectivity index (χ0) is 25.4. The lowest BCUT2D eigenvalue weighted by molar-refractivity contribution is -0.384. The van der Waals surface area contributed by atoms with Crippen molar-refractivity contribution in [1.82, 2.24) is 9.97 Å². The van der Waals surface area contributed by atoms with Gasteiger partial charge in [0.2, 0.25) is 0 Å². The minimum atomic E-state index is -1.06. The zero-order valence-electron chi connectivity index (χ0n) is 18.8. The van der Waals surface area contributed by atoms with Gasteiger partial charge in [-0.15, -0.1) is 0 Å². The molecule has 1 aliphatic heterocycles. The highest BCUT2D eigenvalue weighted by Gasteiger charge is 2.48. The topological polar surface area (TPSA) is 136 Å². The number of thiazole rings is 1. The summed E-state index contributed by atoms with van der Waals surface area (Å²) in [4.78, 5) is 47.2. The molecule has 1 aliphatic rings. The molecule has 3 heterocycles. The van der Waals surface area contributed by atoms with Crippen molar-refractivity contribution in [3.05, 3.63) is 93.8 Å². The summed E-state index contributed by atoms with van der Waals surface area (Å²) >= 11 is 1.03. The lowest BCUT2D eigenvalue weighted by Gasteiger charge is -2.22. The van der Waals surface area contributed by atoms with E-state index < -0.39 is 22.7 Å². The highest BCUT2D eigenvalue weighted by Crippen LogP contribution is 2.44. The second-order valence-electron chi connectivity index (χ2n) is 7.79. The van der Waals surface area contributed by atoms with Crippen LogP contribution in [0.2, 0.25) is 0 Å². The second kappa shape index (κ2) is 9.19. The number of rotatable bonds is 6. The molecule has 4 aromatic rings. The number of non-ortho nitro benzene ring substituents is 1. The Balaban J connectivity index is 1.69. The van der Waals surface area contributed by atoms with Crippen molar-refractivity contribution < 1.29 is 24.4 Å². The van der Waals surface area contributed by atoms with Gasteiger partial charge in [0.05, 0.1) is 33.0 Å². The fraction of sp³-hybridized carbons (Fsp3) is 0.120. The molecule has 180 valence electrons. The molecule has 1 saturated heterocycles. The molecule has 36 heavy (non-hydrogen) atoms. The molecule has 1 N–H and O–H groups in total. The number of nitro groups is 1. The SMILES string of the molecule is CCOc1cccc(/C(O)=C2\C(=O)C(=O)N(c3nc4ccc([N+](=O)[O-])cc4s3)C2c2ccccn2)c1. The lowest BCUT2D eigenvalue weighted by Crippen LogP contribution is -2.29. The molecule has 1 fully saturated rings. The lowest BCUT2D eigenvalue weighted by atomic mass is 9.98. The molecule has 0 spiro atoms. The summed E-state index contributed by atoms with van der Waals surface area (Å²) < 4.78 is 5.98. The first-order valence-corrected chi connectivity index (χ1v) is 11.7. The van der Waals surface area contributed by atoms with Gasteiger partial charge in [0.1, 0.15) is 17.6 Å². The number of nitrogens with zero attached hydrogens (tertiary/aromatic N) is 4. The maximum absolute atomic E-state index is 13.3. The van der Waals surface area contributed by atoms with Gasteiger partial charge in [0, 0.05) is 23.9 Å². The monoisotopic (exact) mass is 502 g/mol. The molecular formula is C25H18N4O6S. The summed E-state index contributed by atoms with van der Waals surface area (Å²) in [7, 11) is 0. The van der Waals surface area contributed by atoms with Crippen LogP contribution in [-0.4, -0.2) is 38.3 Å². The fourth-order valence-electron chi connectivity index (χ4n) is 4.02. The maximum atomic E-state index is 13.3. The number of ketones is 1. The molecule has 1 unspecified atom stereocenters. The largest absolute Gasteiger partial charge is 0.507 e. The molecule has 1 atom stereocenters. The van der Waals surface area contributed by atoms with E-state index in [2.05, 4.69) is 9.97 Å². The van der Waals surface area contributed by atoms with Crippen molar-refractivity contribution in [2.75, 3.05) is 11.5 Å². The predicted molar refractivity (Wildman–Crippen MR) is 133 cm³/mol. The van der Waals surface area contributed by atoms with Crippen LogP contribution in [0.15, 0.2) is 72.4 Å². The van der Waals surface area contributed by atoms with E-state index >= 15 is 0 Å². The first-order chi connectivity index (χ1) is 17.4. The van der Waals surface area contributed by atoms with Crippen LogP contribution in [0.25, 0.3) is 16.0 Å². The molecule has 0 radical (unpaired) electrons. The van der Waals surface area contributed by atoms with Crippen molar-refractivity contribution in [1.29, 1.82) is 0 Å². The van der Waals surface area contributed by atoms with E-state index in [4.69, 9.17) is 4.74 Å². The summed E-state index contributed by atoms with van der Waals surface area (Å²) in [6.45, 7) is 2.24. The summed E-state index contributed by atoms with van der Waals surface area (Å²) in [6, 6.07) is 14.7. The number of hydrogen-bond donors (Lipinski definition) is 1. The van der Waals surface area contributed by atoms with Crippen LogP contribution in [0.3, 0.4) is 0 Å². The summed E-state index contributed by atoms with van der Waals surface area (Å²) in [6.07, 6.45) is 1.52. The molecule has 5 rings (SSSR count). The predicted octanol–water partition coefficient (Wildman–Crippen LogP) is 4.62. The number of nitro benzene ring substituents is 1. The Hall–Kier alpha value is -4.64. The van der Waals surface area contributed by atoms with Gasteiger partial charge in [0.25, 0.3) is 11.5 Å². The Morgan fingerprint density at radius 2 is 2.00 bits per heavy atom. The first kappa shape index (κ1) is 23.1. The first-order valence-electron chi connectivity index (χ1n) is 10.9. The van der Waals surface area contributed by atoms with E-state index in [0.717, 1.165) is 11.3 Å². The summed E-state index contributed by atoms with van der Waals surface area (Å²) in [5.74, 6) is -1.65. The molecule has 11 heteroatoms. The van der Waals surface area contributed by atoms with E-state index in [-0.39, 0.29) is 22.2 Å². The molecule has 0 bridgehead atoms. The smallest absolute Gasteiger partial charge is 0.301 e. The van der Waals surface area contributed by atoms with Crippen molar-refractivity contribution >= 4 is 49.8 Å². The highest BCUT2D eigenvalue weighted by molar-refractivity contribution is 7.22. The third-order valence-corrected chi connectivity index (χ3v) is 6.63. The van der Waals surface area contributed by atoms with Gasteiger partial charge in [-0.1, -0.05) is 29.5 Å². The number of carbonyl (C=O) groups excluding carboxylic acids is 2. The number of amides is 1. The highest BCUT2D eigenvalue weighted by atomic mass is 32.1. The quantitative estimate of drug-likeness (QED) is 0.133. The number of aromatic nitrogens is 2. The van der Waals surface area contributed by atoms with Gasteiger partial charge in [-0.25, -0.2) is 4.98 Å². The molecule has 10 nitrogen and oxygen atoms in total. The third kappa shape index (κ3) is 3.95. The normalized spacial score (nSPS) is 17.0. The number of Topliss-reactive ketones (excluding diaryl/α,β-unsaturated/α-hetero) is 1. The van der Waals surface area contributed by atoms with Crippen molar-refractivity contribution in [2.45, 2.75) is 13.0 Å². The molecule has 2 aromatic carbocycles. The number of fused-ring (bicyclic) bond motifs is 1. The second-order valence-corrected chi connectivity index (χ2v) is 8.80. The van der Waals surface area contributed by atoms with Crippen LogP contribution in [0.1, 0.15) is 24.2 Å². The summed E-state index contributed by atoms with van der Waals surface area (Å²) in [5.41, 5.74) is 0.837. The van der Waals surface area contributed by atoms with E-state index in [1.54, 1.807) is 42.5 Å². The van der Waals surface area contributed by atoms with Crippen LogP contribution >= 0.6 is 11.3 Å². The van der Waals surface area contributed by atoms with Gasteiger partial charge in [-0.05, 0) is 37.3 Å². The van der Waals surface area contributed by atoms with Gasteiger partial charge in [0.15, 0.2) is 5.13 Å². The van der Waals surface area contributed by atoms with E-state index in [1.807, 2.05) is 6.92 Å². The van der Waals surface area contributed by atoms with E-state index in [1.165, 1.54) is 29.3 Å². The molecule has 1 amide bonds. The van der Waals surface area contributed by atoms with Crippen molar-refractivity contribution in [3.8, 4) is 5.75 Å². The van der Waals surface area contributed by atoms with Crippen LogP contribution in [-0.2, 0) is 9.59 Å². The van der Waals surface area contributed by atoms with Crippen LogP contribution < -0.4 is 9.64 Å². The van der Waals surface area contributed by atoms with Gasteiger partial charge in [-0.3, -0.25) is 29.6 Å². The Bertz CT molecular complexity index is 1550. The van der Waals surface area contributed by atoms with Crippen LogP contribution in [0.4, 0.5) is 10.8 Å². The zero-order valence-corrected chi connectivity index (χ0v) is 19.6. The number of anilines is 1. The molecule has 0 aliphatic carbocycles. The number of ether oxygens (including phenoxy) is 1. The Kier molecular flexibility index (Phi) is 5.90. The minimum Gasteiger partial charge on any atom is -0.507 e.